The van der Waals surface area contributed by atoms with Crippen LogP contribution in [0, 0.1) is 0 Å². The second kappa shape index (κ2) is 8.89. The fraction of sp³-hybridized carbons (Fsp3) is 0. The van der Waals surface area contributed by atoms with E-state index in [1.165, 1.54) is 21.8 Å². The van der Waals surface area contributed by atoms with E-state index in [2.05, 4.69) is 108 Å². The molecule has 0 spiro atoms. The second-order valence-corrected chi connectivity index (χ2v) is 9.08. The molecular weight excluding hydrogens is 450 g/mol. The van der Waals surface area contributed by atoms with Crippen LogP contribution in [0.25, 0.3) is 61.4 Å². The van der Waals surface area contributed by atoms with Gasteiger partial charge in [0.05, 0.1) is 28.1 Å². The third-order valence-electron chi connectivity index (χ3n) is 6.83. The van der Waals surface area contributed by atoms with E-state index in [0.717, 1.165) is 33.8 Å². The van der Waals surface area contributed by atoms with Gasteiger partial charge in [0.15, 0.2) is 5.82 Å². The predicted molar refractivity (Wildman–Crippen MR) is 153 cm³/mol. The minimum absolute atomic E-state index is 0.706. The van der Waals surface area contributed by atoms with E-state index < -0.39 is 0 Å². The normalized spacial score (nSPS) is 11.2. The highest BCUT2D eigenvalue weighted by Crippen LogP contribution is 2.36. The molecule has 0 aliphatic heterocycles. The first-order valence-electron chi connectivity index (χ1n) is 12.4. The lowest BCUT2D eigenvalue weighted by atomic mass is 10.1. The molecule has 0 aliphatic rings. The Balaban J connectivity index is 1.52. The third kappa shape index (κ3) is 3.69. The standard InChI is InChI=1S/C34H23N3/c1-3-13-24(14-4-1)29-23-30(25-15-5-2-6-16-25)36-34(35-29)28-19-9-12-22-33(28)37-31-20-10-7-17-26(31)27-18-8-11-21-32(27)37/h1-23H. The van der Waals surface area contributed by atoms with Crippen LogP contribution in [-0.4, -0.2) is 14.5 Å². The van der Waals surface area contributed by atoms with Gasteiger partial charge in [0.25, 0.3) is 0 Å². The van der Waals surface area contributed by atoms with Gasteiger partial charge in [0.2, 0.25) is 0 Å². The summed E-state index contributed by atoms with van der Waals surface area (Å²) in [5, 5.41) is 2.47. The van der Waals surface area contributed by atoms with Gasteiger partial charge in [-0.15, -0.1) is 0 Å². The molecule has 0 unspecified atom stereocenters. The smallest absolute Gasteiger partial charge is 0.162 e. The van der Waals surface area contributed by atoms with E-state index in [9.17, 15) is 0 Å². The molecule has 174 valence electrons. The molecule has 0 fully saturated rings. The minimum atomic E-state index is 0.706. The topological polar surface area (TPSA) is 30.7 Å². The SMILES string of the molecule is c1ccc(-c2cc(-c3ccccc3)nc(-c3ccccc3-n3c4ccccc4c4ccccc43)n2)cc1. The van der Waals surface area contributed by atoms with E-state index in [1.807, 2.05) is 36.4 Å². The van der Waals surface area contributed by atoms with E-state index >= 15 is 0 Å². The maximum Gasteiger partial charge on any atom is 0.162 e. The van der Waals surface area contributed by atoms with Gasteiger partial charge in [-0.05, 0) is 30.3 Å². The average Bonchev–Trinajstić information content (AvgIpc) is 3.32. The first kappa shape index (κ1) is 21.3. The van der Waals surface area contributed by atoms with Crippen LogP contribution in [0.3, 0.4) is 0 Å². The fourth-order valence-corrected chi connectivity index (χ4v) is 5.12. The van der Waals surface area contributed by atoms with Gasteiger partial charge in [-0.1, -0.05) is 109 Å². The molecule has 0 aliphatic carbocycles. The van der Waals surface area contributed by atoms with Crippen LogP contribution < -0.4 is 0 Å². The van der Waals surface area contributed by atoms with Gasteiger partial charge in [-0.25, -0.2) is 9.97 Å². The van der Waals surface area contributed by atoms with Gasteiger partial charge >= 0.3 is 0 Å². The van der Waals surface area contributed by atoms with Crippen molar-refractivity contribution in [3.05, 3.63) is 140 Å². The zero-order valence-electron chi connectivity index (χ0n) is 20.1. The zero-order valence-corrected chi connectivity index (χ0v) is 20.1. The maximum atomic E-state index is 5.11. The quantitative estimate of drug-likeness (QED) is 0.256. The van der Waals surface area contributed by atoms with Crippen molar-refractivity contribution in [1.82, 2.24) is 14.5 Å². The number of para-hydroxylation sites is 3. The number of aromatic nitrogens is 3. The van der Waals surface area contributed by atoms with Crippen LogP contribution in [0.5, 0.6) is 0 Å². The molecular formula is C34H23N3. The first-order valence-corrected chi connectivity index (χ1v) is 12.4. The molecule has 0 radical (unpaired) electrons. The Labute approximate surface area is 215 Å². The summed E-state index contributed by atoms with van der Waals surface area (Å²) in [6.45, 7) is 0. The van der Waals surface area contributed by atoms with Crippen molar-refractivity contribution >= 4 is 21.8 Å². The molecule has 7 aromatic rings. The van der Waals surface area contributed by atoms with E-state index in [4.69, 9.17) is 9.97 Å². The van der Waals surface area contributed by atoms with E-state index in [1.54, 1.807) is 0 Å². The maximum absolute atomic E-state index is 5.11. The van der Waals surface area contributed by atoms with Crippen LogP contribution in [0.2, 0.25) is 0 Å². The zero-order chi connectivity index (χ0) is 24.6. The molecule has 0 N–H and O–H groups in total. The number of nitrogens with zero attached hydrogens (tertiary/aromatic N) is 3. The van der Waals surface area contributed by atoms with Crippen LogP contribution >= 0.6 is 0 Å². The summed E-state index contributed by atoms with van der Waals surface area (Å²) in [5.41, 5.74) is 8.32. The molecule has 3 nitrogen and oxygen atoms in total. The minimum Gasteiger partial charge on any atom is -0.309 e. The number of hydrogen-bond donors (Lipinski definition) is 0. The summed E-state index contributed by atoms with van der Waals surface area (Å²) in [5.74, 6) is 0.706. The summed E-state index contributed by atoms with van der Waals surface area (Å²) >= 11 is 0. The molecule has 0 saturated carbocycles. The molecule has 37 heavy (non-hydrogen) atoms. The Morgan fingerprint density at radius 3 is 1.46 bits per heavy atom. The lowest BCUT2D eigenvalue weighted by Gasteiger charge is -2.15. The summed E-state index contributed by atoms with van der Waals surface area (Å²) in [6, 6.07) is 48.3. The Morgan fingerprint density at radius 2 is 0.892 bits per heavy atom. The van der Waals surface area contributed by atoms with Crippen LogP contribution in [0.1, 0.15) is 0 Å². The van der Waals surface area contributed by atoms with Crippen molar-refractivity contribution in [3.63, 3.8) is 0 Å². The summed E-state index contributed by atoms with van der Waals surface area (Å²) in [7, 11) is 0. The van der Waals surface area contributed by atoms with Crippen molar-refractivity contribution in [2.24, 2.45) is 0 Å². The largest absolute Gasteiger partial charge is 0.309 e. The van der Waals surface area contributed by atoms with Gasteiger partial charge in [-0.2, -0.15) is 0 Å². The van der Waals surface area contributed by atoms with Gasteiger partial charge in [0.1, 0.15) is 0 Å². The summed E-state index contributed by atoms with van der Waals surface area (Å²) < 4.78 is 2.33. The van der Waals surface area contributed by atoms with Crippen LogP contribution in [-0.2, 0) is 0 Å². The van der Waals surface area contributed by atoms with Gasteiger partial charge in [0, 0.05) is 27.5 Å². The predicted octanol–water partition coefficient (Wildman–Crippen LogP) is 8.57. The van der Waals surface area contributed by atoms with Crippen LogP contribution in [0.4, 0.5) is 0 Å². The van der Waals surface area contributed by atoms with Crippen molar-refractivity contribution in [2.75, 3.05) is 0 Å². The highest BCUT2D eigenvalue weighted by Gasteiger charge is 2.17. The number of benzene rings is 5. The molecule has 0 amide bonds. The van der Waals surface area contributed by atoms with E-state index in [0.29, 0.717) is 5.82 Å². The molecule has 3 heteroatoms. The highest BCUT2D eigenvalue weighted by atomic mass is 15.0. The molecule has 0 atom stereocenters. The summed E-state index contributed by atoms with van der Waals surface area (Å²) in [6.07, 6.45) is 0. The third-order valence-corrected chi connectivity index (χ3v) is 6.83. The Kier molecular flexibility index (Phi) is 5.11. The number of rotatable bonds is 4. The van der Waals surface area contributed by atoms with E-state index in [-0.39, 0.29) is 0 Å². The van der Waals surface area contributed by atoms with Gasteiger partial charge < -0.3 is 4.57 Å². The monoisotopic (exact) mass is 473 g/mol. The molecule has 7 rings (SSSR count). The average molecular weight is 474 g/mol. The molecule has 5 aromatic carbocycles. The Morgan fingerprint density at radius 1 is 0.432 bits per heavy atom. The Hall–Kier alpha value is -5.02. The molecule has 2 aromatic heterocycles. The highest BCUT2D eigenvalue weighted by molar-refractivity contribution is 6.09. The lowest BCUT2D eigenvalue weighted by molar-refractivity contribution is 1.14. The van der Waals surface area contributed by atoms with Crippen molar-refractivity contribution in [2.45, 2.75) is 0 Å². The van der Waals surface area contributed by atoms with Crippen molar-refractivity contribution < 1.29 is 0 Å². The molecule has 0 bridgehead atoms. The van der Waals surface area contributed by atoms with Crippen LogP contribution in [0.15, 0.2) is 140 Å². The number of hydrogen-bond acceptors (Lipinski definition) is 2. The first-order chi connectivity index (χ1) is 18.4. The number of fused-ring (bicyclic) bond motifs is 3. The van der Waals surface area contributed by atoms with Gasteiger partial charge in [-0.3, -0.25) is 0 Å². The van der Waals surface area contributed by atoms with Crippen molar-refractivity contribution in [3.8, 4) is 39.6 Å². The fourth-order valence-electron chi connectivity index (χ4n) is 5.12. The molecule has 0 saturated heterocycles. The summed E-state index contributed by atoms with van der Waals surface area (Å²) in [4.78, 5) is 10.2. The molecule has 2 heterocycles. The lowest BCUT2D eigenvalue weighted by Crippen LogP contribution is -2.01. The van der Waals surface area contributed by atoms with Crippen molar-refractivity contribution in [1.29, 1.82) is 0 Å². The Bertz CT molecular complexity index is 1760. The second-order valence-electron chi connectivity index (χ2n) is 9.08.